The lowest BCUT2D eigenvalue weighted by molar-refractivity contribution is 0.813. The maximum atomic E-state index is 11.9. The summed E-state index contributed by atoms with van der Waals surface area (Å²) in [6, 6.07) is 19.1. The van der Waals surface area contributed by atoms with Gasteiger partial charge in [-0.25, -0.2) is 4.98 Å². The van der Waals surface area contributed by atoms with E-state index >= 15 is 0 Å². The molecule has 1 heterocycles. The molecule has 3 aromatic rings. The molecule has 0 aliphatic heterocycles. The van der Waals surface area contributed by atoms with Gasteiger partial charge in [-0.2, -0.15) is 0 Å². The first-order chi connectivity index (χ1) is 12.6. The molecule has 2 N–H and O–H groups in total. The van der Waals surface area contributed by atoms with Gasteiger partial charge in [0.2, 0.25) is 5.95 Å². The number of nitrogens with two attached hydrogens (primary N) is 1. The molecule has 2 atom stereocenters. The van der Waals surface area contributed by atoms with Crippen molar-refractivity contribution < 1.29 is 0 Å². The molecule has 1 aliphatic carbocycles. The first-order valence-corrected chi connectivity index (χ1v) is 9.09. The lowest BCUT2D eigenvalue weighted by atomic mass is 9.99. The van der Waals surface area contributed by atoms with E-state index in [1.165, 1.54) is 26.8 Å². The molecule has 1 fully saturated rings. The Morgan fingerprint density at radius 3 is 2.48 bits per heavy atom. The summed E-state index contributed by atoms with van der Waals surface area (Å²) >= 11 is 0. The van der Waals surface area contributed by atoms with Gasteiger partial charge in [0.05, 0.1) is 5.69 Å². The van der Waals surface area contributed by atoms with Crippen LogP contribution in [0, 0.1) is 0 Å². The Balaban J connectivity index is 0.00000210. The van der Waals surface area contributed by atoms with E-state index in [2.05, 4.69) is 60.4 Å². The number of aryl methyl sites for hydroxylation is 1. The van der Waals surface area contributed by atoms with Crippen LogP contribution in [-0.4, -0.2) is 9.55 Å². The van der Waals surface area contributed by atoms with Gasteiger partial charge in [0.1, 0.15) is 0 Å². The zero-order chi connectivity index (χ0) is 18.3. The Bertz CT molecular complexity index is 1010. The summed E-state index contributed by atoms with van der Waals surface area (Å²) in [4.78, 5) is 16.3. The van der Waals surface area contributed by atoms with Crippen LogP contribution in [0.3, 0.4) is 0 Å². The fourth-order valence-electron chi connectivity index (χ4n) is 3.55. The molecule has 1 aromatic heterocycles. The van der Waals surface area contributed by atoms with Crippen molar-refractivity contribution in [3.8, 4) is 11.1 Å². The van der Waals surface area contributed by atoms with E-state index in [1.54, 1.807) is 13.1 Å². The van der Waals surface area contributed by atoms with E-state index in [4.69, 9.17) is 5.73 Å². The number of hydrogen-bond donors (Lipinski definition) is 1. The van der Waals surface area contributed by atoms with Gasteiger partial charge in [0, 0.05) is 19.0 Å². The van der Waals surface area contributed by atoms with Crippen molar-refractivity contribution in [3.63, 3.8) is 0 Å². The van der Waals surface area contributed by atoms with Crippen molar-refractivity contribution in [2.24, 2.45) is 7.05 Å². The van der Waals surface area contributed by atoms with Crippen molar-refractivity contribution >= 4 is 18.4 Å². The average molecular weight is 382 g/mol. The summed E-state index contributed by atoms with van der Waals surface area (Å²) in [6.07, 6.45) is 2.06. The number of nitrogen functional groups attached to an aromatic ring is 1. The molecule has 4 nitrogen and oxygen atoms in total. The van der Waals surface area contributed by atoms with Crippen LogP contribution in [-0.2, 0) is 13.5 Å². The van der Waals surface area contributed by atoms with E-state index in [1.807, 2.05) is 0 Å². The van der Waals surface area contributed by atoms with Crippen LogP contribution >= 0.6 is 12.4 Å². The highest BCUT2D eigenvalue weighted by atomic mass is 35.5. The number of anilines is 1. The van der Waals surface area contributed by atoms with Gasteiger partial charge in [-0.05, 0) is 41.0 Å². The monoisotopic (exact) mass is 381 g/mol. The largest absolute Gasteiger partial charge is 0.369 e. The first kappa shape index (κ1) is 19.2. The van der Waals surface area contributed by atoms with Crippen LogP contribution in [0.25, 0.3) is 11.1 Å². The maximum Gasteiger partial charge on any atom is 0.254 e. The van der Waals surface area contributed by atoms with E-state index in [9.17, 15) is 4.79 Å². The molecule has 0 spiro atoms. The zero-order valence-corrected chi connectivity index (χ0v) is 16.4. The minimum absolute atomic E-state index is 0. The third-order valence-corrected chi connectivity index (χ3v) is 5.37. The van der Waals surface area contributed by atoms with Gasteiger partial charge in [-0.3, -0.25) is 9.36 Å². The lowest BCUT2D eigenvalue weighted by Gasteiger charge is -2.07. The maximum absolute atomic E-state index is 11.9. The SMILES string of the molecule is CCc1cccc(-c2ccc([C@@H]3C[C@@H]3c3cc(=O)n(C)c(N)n3)cc2)c1.Cl. The number of halogens is 1. The third kappa shape index (κ3) is 3.76. The summed E-state index contributed by atoms with van der Waals surface area (Å²) in [5.74, 6) is 0.995. The van der Waals surface area contributed by atoms with Gasteiger partial charge in [-0.1, -0.05) is 55.5 Å². The fourth-order valence-corrected chi connectivity index (χ4v) is 3.55. The number of nitrogens with zero attached hydrogens (tertiary/aromatic N) is 2. The van der Waals surface area contributed by atoms with E-state index in [0.29, 0.717) is 11.8 Å². The summed E-state index contributed by atoms with van der Waals surface area (Å²) in [5.41, 5.74) is 11.7. The quantitative estimate of drug-likeness (QED) is 0.733. The number of hydrogen-bond acceptors (Lipinski definition) is 3. The molecule has 0 amide bonds. The van der Waals surface area contributed by atoms with Crippen molar-refractivity contribution in [1.82, 2.24) is 9.55 Å². The van der Waals surface area contributed by atoms with Gasteiger partial charge < -0.3 is 5.73 Å². The normalized spacial score (nSPS) is 18.0. The molecular weight excluding hydrogens is 358 g/mol. The third-order valence-electron chi connectivity index (χ3n) is 5.37. The van der Waals surface area contributed by atoms with E-state index in [-0.39, 0.29) is 23.9 Å². The molecule has 0 unspecified atom stereocenters. The second kappa shape index (κ2) is 7.57. The number of aromatic nitrogens is 2. The van der Waals surface area contributed by atoms with Gasteiger partial charge in [0.15, 0.2) is 0 Å². The smallest absolute Gasteiger partial charge is 0.254 e. The second-order valence-electron chi connectivity index (χ2n) is 7.06. The average Bonchev–Trinajstić information content (AvgIpc) is 3.47. The molecule has 1 aliphatic rings. The van der Waals surface area contributed by atoms with Crippen LogP contribution in [0.15, 0.2) is 59.4 Å². The Morgan fingerprint density at radius 1 is 1.07 bits per heavy atom. The summed E-state index contributed by atoms with van der Waals surface area (Å²) in [6.45, 7) is 2.17. The minimum Gasteiger partial charge on any atom is -0.369 e. The molecule has 4 rings (SSSR count). The van der Waals surface area contributed by atoms with Crippen LogP contribution < -0.4 is 11.3 Å². The van der Waals surface area contributed by atoms with E-state index in [0.717, 1.165) is 18.5 Å². The lowest BCUT2D eigenvalue weighted by Crippen LogP contribution is -2.21. The molecule has 1 saturated carbocycles. The van der Waals surface area contributed by atoms with Gasteiger partial charge in [0.25, 0.3) is 5.56 Å². The molecular formula is C22H24ClN3O. The Kier molecular flexibility index (Phi) is 5.38. The van der Waals surface area contributed by atoms with Crippen LogP contribution in [0.4, 0.5) is 5.95 Å². The van der Waals surface area contributed by atoms with Crippen molar-refractivity contribution in [1.29, 1.82) is 0 Å². The highest BCUT2D eigenvalue weighted by Crippen LogP contribution is 2.54. The Morgan fingerprint density at radius 2 is 1.81 bits per heavy atom. The number of rotatable bonds is 4. The predicted octanol–water partition coefficient (Wildman–Crippen LogP) is 4.28. The molecule has 27 heavy (non-hydrogen) atoms. The first-order valence-electron chi connectivity index (χ1n) is 9.09. The van der Waals surface area contributed by atoms with Crippen molar-refractivity contribution in [2.45, 2.75) is 31.6 Å². The van der Waals surface area contributed by atoms with Gasteiger partial charge >= 0.3 is 0 Å². The molecule has 0 radical (unpaired) electrons. The van der Waals surface area contributed by atoms with Crippen LogP contribution in [0.5, 0.6) is 0 Å². The highest BCUT2D eigenvalue weighted by Gasteiger charge is 2.41. The molecule has 140 valence electrons. The summed E-state index contributed by atoms with van der Waals surface area (Å²) < 4.78 is 1.38. The van der Waals surface area contributed by atoms with Crippen molar-refractivity contribution in [3.05, 3.63) is 81.8 Å². The standard InChI is InChI=1S/C22H23N3O.ClH/c1-3-14-5-4-6-17(11-14)15-7-9-16(10-8-15)18-12-19(18)20-13-21(26)25(2)22(23)24-20;/h4-11,13,18-19H,3,12H2,1-2H3,(H2,23,24);1H/t18-,19-;/m0./s1. The fraction of sp³-hybridized carbons (Fsp3) is 0.273. The Labute approximate surface area is 165 Å². The van der Waals surface area contributed by atoms with Crippen LogP contribution in [0.2, 0.25) is 0 Å². The summed E-state index contributed by atoms with van der Waals surface area (Å²) in [5, 5.41) is 0. The van der Waals surface area contributed by atoms with Gasteiger partial charge in [-0.15, -0.1) is 12.4 Å². The molecule has 0 saturated heterocycles. The number of benzene rings is 2. The minimum atomic E-state index is -0.0932. The molecule has 5 heteroatoms. The van der Waals surface area contributed by atoms with Crippen LogP contribution in [0.1, 0.15) is 42.0 Å². The van der Waals surface area contributed by atoms with E-state index < -0.39 is 0 Å². The second-order valence-corrected chi connectivity index (χ2v) is 7.06. The van der Waals surface area contributed by atoms with Crippen molar-refractivity contribution in [2.75, 3.05) is 5.73 Å². The molecule has 0 bridgehead atoms. The summed E-state index contributed by atoms with van der Waals surface area (Å²) in [7, 11) is 1.64. The predicted molar refractivity (Wildman–Crippen MR) is 112 cm³/mol. The Hall–Kier alpha value is -2.59. The topological polar surface area (TPSA) is 60.9 Å². The zero-order valence-electron chi connectivity index (χ0n) is 15.6. The highest BCUT2D eigenvalue weighted by molar-refractivity contribution is 5.85. The molecule has 2 aromatic carbocycles.